The molecule has 0 aliphatic rings. The Labute approximate surface area is 91.3 Å². The van der Waals surface area contributed by atoms with Crippen molar-refractivity contribution in [3.63, 3.8) is 0 Å². The van der Waals surface area contributed by atoms with Crippen LogP contribution in [0.5, 0.6) is 11.5 Å². The van der Waals surface area contributed by atoms with Crippen molar-refractivity contribution < 1.29 is 14.6 Å². The van der Waals surface area contributed by atoms with Crippen molar-refractivity contribution in [2.24, 2.45) is 0 Å². The minimum Gasteiger partial charge on any atom is -0.506 e. The molecule has 0 saturated heterocycles. The van der Waals surface area contributed by atoms with E-state index >= 15 is 0 Å². The van der Waals surface area contributed by atoms with Gasteiger partial charge in [-0.1, -0.05) is 11.6 Å². The van der Waals surface area contributed by atoms with Crippen molar-refractivity contribution in [2.75, 3.05) is 0 Å². The molecule has 5 heteroatoms. The number of hydrogen-bond acceptors (Lipinski definition) is 3. The Hall–Kier alpha value is -1.47. The fourth-order valence-electron chi connectivity index (χ4n) is 1.23. The molecule has 3 nitrogen and oxygen atoms in total. The van der Waals surface area contributed by atoms with Gasteiger partial charge < -0.3 is 10.2 Å². The highest BCUT2D eigenvalue weighted by Crippen LogP contribution is 2.41. The van der Waals surface area contributed by atoms with Crippen molar-refractivity contribution in [3.05, 3.63) is 22.5 Å². The average Bonchev–Trinajstić information content (AvgIpc) is 2.15. The van der Waals surface area contributed by atoms with Crippen molar-refractivity contribution in [2.45, 2.75) is 19.3 Å². The van der Waals surface area contributed by atoms with Crippen molar-refractivity contribution in [1.82, 2.24) is 0 Å². The molecule has 0 radical (unpaired) electrons. The lowest BCUT2D eigenvalue weighted by Gasteiger charge is -2.19. The van der Waals surface area contributed by atoms with E-state index in [2.05, 4.69) is 0 Å². The largest absolute Gasteiger partial charge is 0.506 e. The van der Waals surface area contributed by atoms with Gasteiger partial charge in [0.25, 0.3) is 0 Å². The second kappa shape index (κ2) is 3.59. The average molecular weight is 230 g/mol. The van der Waals surface area contributed by atoms with E-state index in [1.807, 2.05) is 6.07 Å². The summed E-state index contributed by atoms with van der Waals surface area (Å²) in [6.07, 6.45) is 0. The third kappa shape index (κ3) is 1.83. The summed E-state index contributed by atoms with van der Waals surface area (Å²) in [6, 6.07) is 2.72. The lowest BCUT2D eigenvalue weighted by Crippen LogP contribution is -2.16. The molecule has 2 N–H and O–H groups in total. The standard InChI is InChI=1S/C10H9ClFNO2/c1-10(2,4-13)7-8(12)6(14)3-5(11)9(7)15/h3,14-15H,1-2H3. The van der Waals surface area contributed by atoms with Gasteiger partial charge in [0, 0.05) is 6.07 Å². The van der Waals surface area contributed by atoms with Gasteiger partial charge in [-0.05, 0) is 13.8 Å². The molecule has 0 fully saturated rings. The number of benzene rings is 1. The predicted molar refractivity (Wildman–Crippen MR) is 53.4 cm³/mol. The van der Waals surface area contributed by atoms with Gasteiger partial charge in [0.2, 0.25) is 0 Å². The van der Waals surface area contributed by atoms with E-state index in [1.165, 1.54) is 13.8 Å². The number of hydrogen-bond donors (Lipinski definition) is 2. The zero-order chi connectivity index (χ0) is 11.8. The van der Waals surface area contributed by atoms with Crippen LogP contribution in [0.25, 0.3) is 0 Å². The highest BCUT2D eigenvalue weighted by Gasteiger charge is 2.30. The molecule has 0 bridgehead atoms. The molecule has 0 aromatic heterocycles. The van der Waals surface area contributed by atoms with E-state index in [4.69, 9.17) is 16.9 Å². The first-order valence-corrected chi connectivity index (χ1v) is 4.50. The summed E-state index contributed by atoms with van der Waals surface area (Å²) < 4.78 is 13.5. The summed E-state index contributed by atoms with van der Waals surface area (Å²) in [5, 5.41) is 27.4. The van der Waals surface area contributed by atoms with Gasteiger partial charge in [0.05, 0.1) is 22.1 Å². The SMILES string of the molecule is CC(C)(C#N)c1c(O)c(Cl)cc(O)c1F. The maximum Gasteiger partial charge on any atom is 0.173 e. The third-order valence-electron chi connectivity index (χ3n) is 2.08. The van der Waals surface area contributed by atoms with Gasteiger partial charge in [-0.15, -0.1) is 0 Å². The third-order valence-corrected chi connectivity index (χ3v) is 2.36. The van der Waals surface area contributed by atoms with Gasteiger partial charge in [0.1, 0.15) is 5.75 Å². The maximum atomic E-state index is 13.5. The van der Waals surface area contributed by atoms with Gasteiger partial charge in [-0.3, -0.25) is 0 Å². The number of nitriles is 1. The number of halogens is 2. The summed E-state index contributed by atoms with van der Waals surface area (Å²) in [4.78, 5) is 0. The zero-order valence-electron chi connectivity index (χ0n) is 8.17. The summed E-state index contributed by atoms with van der Waals surface area (Å²) >= 11 is 5.57. The molecule has 80 valence electrons. The van der Waals surface area contributed by atoms with E-state index in [1.54, 1.807) is 0 Å². The minimum absolute atomic E-state index is 0.188. The smallest absolute Gasteiger partial charge is 0.173 e. The fraction of sp³-hybridized carbons (Fsp3) is 0.300. The summed E-state index contributed by atoms with van der Waals surface area (Å²) in [6.45, 7) is 2.84. The van der Waals surface area contributed by atoms with Crippen molar-refractivity contribution >= 4 is 11.6 Å². The molecule has 15 heavy (non-hydrogen) atoms. The molecule has 0 heterocycles. The second-order valence-corrected chi connectivity index (χ2v) is 4.06. The first-order valence-electron chi connectivity index (χ1n) is 4.13. The number of phenols is 2. The molecule has 1 rings (SSSR count). The summed E-state index contributed by atoms with van der Waals surface area (Å²) in [5.74, 6) is -2.22. The monoisotopic (exact) mass is 229 g/mol. The maximum absolute atomic E-state index is 13.5. The lowest BCUT2D eigenvalue weighted by atomic mass is 9.85. The van der Waals surface area contributed by atoms with Crippen LogP contribution < -0.4 is 0 Å². The Kier molecular flexibility index (Phi) is 2.78. The molecular formula is C10H9ClFNO2. The molecule has 0 spiro atoms. The van der Waals surface area contributed by atoms with E-state index in [0.29, 0.717) is 0 Å². The first kappa shape index (κ1) is 11.6. The summed E-state index contributed by atoms with van der Waals surface area (Å²) in [7, 11) is 0. The Balaban J connectivity index is 3.62. The van der Waals surface area contributed by atoms with Gasteiger partial charge in [-0.2, -0.15) is 5.26 Å². The predicted octanol–water partition coefficient (Wildman–Crippen LogP) is 2.69. The highest BCUT2D eigenvalue weighted by molar-refractivity contribution is 6.32. The van der Waals surface area contributed by atoms with Crippen LogP contribution in [0.1, 0.15) is 19.4 Å². The second-order valence-electron chi connectivity index (χ2n) is 3.65. The number of nitrogens with zero attached hydrogens (tertiary/aromatic N) is 1. The molecule has 0 aliphatic carbocycles. The van der Waals surface area contributed by atoms with Crippen molar-refractivity contribution in [3.8, 4) is 17.6 Å². The first-order chi connectivity index (χ1) is 6.81. The van der Waals surface area contributed by atoms with Crippen LogP contribution in [0, 0.1) is 17.1 Å². The van der Waals surface area contributed by atoms with Crippen LogP contribution in [-0.2, 0) is 5.41 Å². The van der Waals surface area contributed by atoms with Crippen molar-refractivity contribution in [1.29, 1.82) is 5.26 Å². The Bertz CT molecular complexity index is 425. The number of rotatable bonds is 1. The van der Waals surface area contributed by atoms with E-state index in [9.17, 15) is 14.6 Å². The van der Waals surface area contributed by atoms with E-state index < -0.39 is 22.7 Å². The van der Waals surface area contributed by atoms with Gasteiger partial charge in [-0.25, -0.2) is 4.39 Å². The van der Waals surface area contributed by atoms with Gasteiger partial charge >= 0.3 is 0 Å². The molecule has 0 unspecified atom stereocenters. The van der Waals surface area contributed by atoms with Crippen LogP contribution >= 0.6 is 11.6 Å². The number of phenolic OH excluding ortho intramolecular Hbond substituents is 2. The quantitative estimate of drug-likeness (QED) is 0.728. The van der Waals surface area contributed by atoms with Gasteiger partial charge in [0.15, 0.2) is 11.6 Å². The fourth-order valence-corrected chi connectivity index (χ4v) is 1.43. The molecule has 0 amide bonds. The normalized spacial score (nSPS) is 11.1. The minimum atomic E-state index is -1.27. The Morgan fingerprint density at radius 3 is 2.47 bits per heavy atom. The zero-order valence-corrected chi connectivity index (χ0v) is 8.93. The van der Waals surface area contributed by atoms with Crippen LogP contribution in [-0.4, -0.2) is 10.2 Å². The molecule has 1 aromatic rings. The van der Waals surface area contributed by atoms with Crippen LogP contribution in [0.2, 0.25) is 5.02 Å². The van der Waals surface area contributed by atoms with Crippen LogP contribution in [0.4, 0.5) is 4.39 Å². The Morgan fingerprint density at radius 1 is 1.47 bits per heavy atom. The van der Waals surface area contributed by atoms with E-state index in [0.717, 1.165) is 6.07 Å². The number of aromatic hydroxyl groups is 2. The lowest BCUT2D eigenvalue weighted by molar-refractivity contribution is 0.402. The molecule has 0 aliphatic heterocycles. The topological polar surface area (TPSA) is 64.2 Å². The molecule has 1 aromatic carbocycles. The molecule has 0 saturated carbocycles. The molecular weight excluding hydrogens is 221 g/mol. The Morgan fingerprint density at radius 2 is 2.00 bits per heavy atom. The van der Waals surface area contributed by atoms with Crippen LogP contribution in [0.3, 0.4) is 0 Å². The van der Waals surface area contributed by atoms with E-state index in [-0.39, 0.29) is 10.6 Å². The highest BCUT2D eigenvalue weighted by atomic mass is 35.5. The summed E-state index contributed by atoms with van der Waals surface area (Å²) in [5.41, 5.74) is -1.56. The molecule has 0 atom stereocenters. The van der Waals surface area contributed by atoms with Crippen LogP contribution in [0.15, 0.2) is 6.07 Å².